The van der Waals surface area contributed by atoms with Gasteiger partial charge in [-0.25, -0.2) is 4.98 Å². The van der Waals surface area contributed by atoms with Crippen molar-refractivity contribution in [1.82, 2.24) is 19.7 Å². The zero-order valence-electron chi connectivity index (χ0n) is 16.7. The lowest BCUT2D eigenvalue weighted by atomic mass is 10.1. The van der Waals surface area contributed by atoms with Gasteiger partial charge in [0.15, 0.2) is 11.0 Å². The maximum Gasteiger partial charge on any atom is 0.191 e. The van der Waals surface area contributed by atoms with Crippen LogP contribution in [0.1, 0.15) is 18.2 Å². The monoisotopic (exact) mass is 448 g/mol. The summed E-state index contributed by atoms with van der Waals surface area (Å²) in [5.41, 5.74) is 4.67. The number of hydrogen-bond donors (Lipinski definition) is 0. The van der Waals surface area contributed by atoms with Crippen molar-refractivity contribution in [2.24, 2.45) is 0 Å². The molecule has 0 amide bonds. The summed E-state index contributed by atoms with van der Waals surface area (Å²) in [6.07, 6.45) is 0. The molecule has 0 saturated carbocycles. The van der Waals surface area contributed by atoms with Gasteiger partial charge < -0.3 is 4.57 Å². The third kappa shape index (κ3) is 3.69. The molecule has 7 heteroatoms. The SMILES string of the molecule is CCn1c(SCc2csc(-c3cccc(C)c3)n2)nnc1-c1csc2ccccc12. The van der Waals surface area contributed by atoms with Crippen LogP contribution >= 0.6 is 34.4 Å². The Morgan fingerprint density at radius 3 is 2.77 bits per heavy atom. The number of nitrogens with zero attached hydrogens (tertiary/aromatic N) is 4. The zero-order valence-corrected chi connectivity index (χ0v) is 19.2. The first kappa shape index (κ1) is 19.5. The molecule has 5 rings (SSSR count). The van der Waals surface area contributed by atoms with Gasteiger partial charge in [0.1, 0.15) is 5.01 Å². The van der Waals surface area contributed by atoms with Gasteiger partial charge in [-0.3, -0.25) is 0 Å². The number of hydrogen-bond acceptors (Lipinski definition) is 6. The highest BCUT2D eigenvalue weighted by Crippen LogP contribution is 2.35. The topological polar surface area (TPSA) is 43.6 Å². The van der Waals surface area contributed by atoms with Crippen molar-refractivity contribution in [3.05, 3.63) is 70.5 Å². The Morgan fingerprint density at radius 1 is 1.00 bits per heavy atom. The van der Waals surface area contributed by atoms with Crippen LogP contribution in [-0.2, 0) is 12.3 Å². The van der Waals surface area contributed by atoms with E-state index in [0.29, 0.717) is 0 Å². The minimum absolute atomic E-state index is 0.783. The molecule has 0 atom stereocenters. The second kappa shape index (κ2) is 8.34. The van der Waals surface area contributed by atoms with Crippen molar-refractivity contribution < 1.29 is 0 Å². The van der Waals surface area contributed by atoms with Gasteiger partial charge in [-0.1, -0.05) is 53.7 Å². The van der Waals surface area contributed by atoms with E-state index in [1.54, 1.807) is 34.4 Å². The van der Waals surface area contributed by atoms with Crippen molar-refractivity contribution in [2.75, 3.05) is 0 Å². The first-order chi connectivity index (χ1) is 14.7. The van der Waals surface area contributed by atoms with Gasteiger partial charge in [0.05, 0.1) is 5.69 Å². The van der Waals surface area contributed by atoms with E-state index in [2.05, 4.69) is 87.9 Å². The number of thioether (sulfide) groups is 1. The molecule has 3 heterocycles. The largest absolute Gasteiger partial charge is 0.302 e. The Balaban J connectivity index is 1.38. The summed E-state index contributed by atoms with van der Waals surface area (Å²) in [5.74, 6) is 1.72. The smallest absolute Gasteiger partial charge is 0.191 e. The fourth-order valence-corrected chi connectivity index (χ4v) is 6.21. The normalized spacial score (nSPS) is 11.4. The van der Waals surface area contributed by atoms with E-state index in [4.69, 9.17) is 4.98 Å². The standard InChI is InChI=1S/C23H20N4S3/c1-3-27-21(19-14-28-20-10-5-4-9-18(19)20)25-26-23(27)30-13-17-12-29-22(24-17)16-8-6-7-15(2)11-16/h4-12,14H,3,13H2,1-2H3. The van der Waals surface area contributed by atoms with Gasteiger partial charge in [0, 0.05) is 44.3 Å². The molecule has 0 aliphatic heterocycles. The van der Waals surface area contributed by atoms with Gasteiger partial charge >= 0.3 is 0 Å². The summed E-state index contributed by atoms with van der Waals surface area (Å²) >= 11 is 5.14. The molecular weight excluding hydrogens is 428 g/mol. The van der Waals surface area contributed by atoms with E-state index in [1.807, 2.05) is 0 Å². The molecule has 0 fully saturated rings. The molecule has 30 heavy (non-hydrogen) atoms. The highest BCUT2D eigenvalue weighted by molar-refractivity contribution is 7.98. The van der Waals surface area contributed by atoms with Gasteiger partial charge in [-0.05, 0) is 26.0 Å². The average molecular weight is 449 g/mol. The number of rotatable bonds is 6. The number of fused-ring (bicyclic) bond motifs is 1. The van der Waals surface area contributed by atoms with Crippen molar-refractivity contribution in [2.45, 2.75) is 31.3 Å². The van der Waals surface area contributed by atoms with Gasteiger partial charge in [0.25, 0.3) is 0 Å². The minimum atomic E-state index is 0.783. The average Bonchev–Trinajstić information content (AvgIpc) is 3.49. The van der Waals surface area contributed by atoms with Gasteiger partial charge in [-0.2, -0.15) is 0 Å². The number of thiazole rings is 1. The highest BCUT2D eigenvalue weighted by atomic mass is 32.2. The maximum absolute atomic E-state index is 4.83. The summed E-state index contributed by atoms with van der Waals surface area (Å²) in [7, 11) is 0. The van der Waals surface area contributed by atoms with E-state index in [9.17, 15) is 0 Å². The lowest BCUT2D eigenvalue weighted by Crippen LogP contribution is -1.99. The molecule has 0 unspecified atom stereocenters. The Kier molecular flexibility index (Phi) is 5.41. The van der Waals surface area contributed by atoms with Crippen molar-refractivity contribution in [1.29, 1.82) is 0 Å². The Bertz CT molecular complexity index is 1320. The second-order valence-corrected chi connectivity index (χ2v) is 9.71. The third-order valence-corrected chi connectivity index (χ3v) is 7.82. The van der Waals surface area contributed by atoms with E-state index < -0.39 is 0 Å². The number of benzene rings is 2. The van der Waals surface area contributed by atoms with E-state index in [-0.39, 0.29) is 0 Å². The molecule has 0 bridgehead atoms. The fourth-order valence-electron chi connectivity index (χ4n) is 3.45. The van der Waals surface area contributed by atoms with Crippen LogP contribution in [0.5, 0.6) is 0 Å². The second-order valence-electron chi connectivity index (χ2n) is 7.00. The maximum atomic E-state index is 4.83. The molecule has 0 radical (unpaired) electrons. The predicted octanol–water partition coefficient (Wildman–Crippen LogP) is 6.90. The molecule has 0 N–H and O–H groups in total. The Hall–Kier alpha value is -2.48. The molecule has 3 aromatic heterocycles. The first-order valence-corrected chi connectivity index (χ1v) is 12.5. The van der Waals surface area contributed by atoms with E-state index in [1.165, 1.54) is 21.2 Å². The van der Waals surface area contributed by atoms with Crippen LogP contribution in [0.25, 0.3) is 32.0 Å². The molecule has 150 valence electrons. The Morgan fingerprint density at radius 2 is 1.90 bits per heavy atom. The van der Waals surface area contributed by atoms with Crippen LogP contribution in [0.4, 0.5) is 0 Å². The minimum Gasteiger partial charge on any atom is -0.302 e. The molecule has 0 spiro atoms. The van der Waals surface area contributed by atoms with Crippen LogP contribution < -0.4 is 0 Å². The quantitative estimate of drug-likeness (QED) is 0.265. The van der Waals surface area contributed by atoms with E-state index >= 15 is 0 Å². The molecule has 0 aliphatic rings. The number of aromatic nitrogens is 4. The summed E-state index contributed by atoms with van der Waals surface area (Å²) < 4.78 is 3.48. The summed E-state index contributed by atoms with van der Waals surface area (Å²) in [6, 6.07) is 17.0. The van der Waals surface area contributed by atoms with Crippen LogP contribution in [0.3, 0.4) is 0 Å². The third-order valence-electron chi connectivity index (χ3n) is 4.92. The Labute approximate surface area is 187 Å². The lowest BCUT2D eigenvalue weighted by molar-refractivity contribution is 0.687. The van der Waals surface area contributed by atoms with Crippen molar-refractivity contribution in [3.8, 4) is 22.0 Å². The van der Waals surface area contributed by atoms with Crippen LogP contribution in [0.15, 0.2) is 64.4 Å². The van der Waals surface area contributed by atoms with Crippen LogP contribution in [0, 0.1) is 6.92 Å². The van der Waals surface area contributed by atoms with Crippen molar-refractivity contribution >= 4 is 44.5 Å². The van der Waals surface area contributed by atoms with Crippen molar-refractivity contribution in [3.63, 3.8) is 0 Å². The fraction of sp³-hybridized carbons (Fsp3) is 0.174. The summed E-state index contributed by atoms with van der Waals surface area (Å²) in [6.45, 7) is 5.09. The molecular formula is C23H20N4S3. The van der Waals surface area contributed by atoms with Crippen LogP contribution in [0.2, 0.25) is 0 Å². The lowest BCUT2D eigenvalue weighted by Gasteiger charge is -2.06. The van der Waals surface area contributed by atoms with Gasteiger partial charge in [0.2, 0.25) is 0 Å². The molecule has 2 aromatic carbocycles. The molecule has 0 saturated heterocycles. The van der Waals surface area contributed by atoms with E-state index in [0.717, 1.165) is 39.5 Å². The first-order valence-electron chi connectivity index (χ1n) is 9.77. The summed E-state index contributed by atoms with van der Waals surface area (Å²) in [5, 5.41) is 16.6. The highest BCUT2D eigenvalue weighted by Gasteiger charge is 2.17. The van der Waals surface area contributed by atoms with Crippen LogP contribution in [-0.4, -0.2) is 19.7 Å². The summed E-state index contributed by atoms with van der Waals surface area (Å²) in [4.78, 5) is 4.83. The molecule has 4 nitrogen and oxygen atoms in total. The molecule has 0 aliphatic carbocycles. The molecule has 5 aromatic rings. The predicted molar refractivity (Wildman–Crippen MR) is 128 cm³/mol. The number of aryl methyl sites for hydroxylation is 1. The zero-order chi connectivity index (χ0) is 20.5. The number of thiophene rings is 1. The van der Waals surface area contributed by atoms with Gasteiger partial charge in [-0.15, -0.1) is 32.9 Å².